The summed E-state index contributed by atoms with van der Waals surface area (Å²) in [5, 5.41) is 6.38. The Kier molecular flexibility index (Phi) is 5.08. The van der Waals surface area contributed by atoms with Crippen LogP contribution >= 0.6 is 11.3 Å². The third kappa shape index (κ3) is 3.62. The maximum absolute atomic E-state index is 12.7. The summed E-state index contributed by atoms with van der Waals surface area (Å²) in [6, 6.07) is 10.1. The van der Waals surface area contributed by atoms with Crippen LogP contribution in [0.1, 0.15) is 52.8 Å². The van der Waals surface area contributed by atoms with E-state index in [1.165, 1.54) is 0 Å². The summed E-state index contributed by atoms with van der Waals surface area (Å²) in [5.74, 6) is 0.498. The second-order valence-electron chi connectivity index (χ2n) is 6.10. The summed E-state index contributed by atoms with van der Waals surface area (Å²) in [6.45, 7) is 4.13. The number of hydrogen-bond donors (Lipinski definition) is 1. The molecule has 0 unspecified atom stereocenters. The average molecular weight is 329 g/mol. The lowest BCUT2D eigenvalue weighted by Gasteiger charge is -2.24. The topological polar surface area (TPSA) is 45.2 Å². The zero-order valence-corrected chi connectivity index (χ0v) is 14.5. The van der Waals surface area contributed by atoms with Crippen LogP contribution in [0.15, 0.2) is 35.7 Å². The molecule has 5 heteroatoms. The van der Waals surface area contributed by atoms with Crippen LogP contribution in [0.3, 0.4) is 0 Å². The maximum Gasteiger partial charge on any atom is 0.273 e. The normalized spacial score (nSPS) is 17.0. The second-order valence-corrected chi connectivity index (χ2v) is 6.99. The zero-order chi connectivity index (χ0) is 16.2. The monoisotopic (exact) mass is 329 g/mol. The number of carbonyl (C=O) groups is 1. The highest BCUT2D eigenvalue weighted by atomic mass is 32.1. The fourth-order valence-corrected chi connectivity index (χ4v) is 3.92. The SMILES string of the molecule is C[C@H](c1ccccc1)N(C)C(=O)c1csc(C2CCNCC2)n1. The molecule has 1 aromatic heterocycles. The molecule has 2 aromatic rings. The van der Waals surface area contributed by atoms with Crippen molar-refractivity contribution in [2.45, 2.75) is 31.7 Å². The van der Waals surface area contributed by atoms with Gasteiger partial charge in [0.1, 0.15) is 5.69 Å². The molecule has 1 aliphatic heterocycles. The van der Waals surface area contributed by atoms with E-state index in [1.54, 1.807) is 16.2 Å². The van der Waals surface area contributed by atoms with Gasteiger partial charge < -0.3 is 10.2 Å². The molecule has 23 heavy (non-hydrogen) atoms. The number of amides is 1. The van der Waals surface area contributed by atoms with Crippen LogP contribution in [-0.4, -0.2) is 35.9 Å². The van der Waals surface area contributed by atoms with Crippen molar-refractivity contribution in [2.24, 2.45) is 0 Å². The molecule has 2 heterocycles. The number of nitrogens with zero attached hydrogens (tertiary/aromatic N) is 2. The van der Waals surface area contributed by atoms with Gasteiger partial charge in [0.05, 0.1) is 11.0 Å². The van der Waals surface area contributed by atoms with Crippen LogP contribution in [0.2, 0.25) is 0 Å². The largest absolute Gasteiger partial charge is 0.334 e. The minimum absolute atomic E-state index is 0.00205. The van der Waals surface area contributed by atoms with Crippen LogP contribution in [0.25, 0.3) is 0 Å². The summed E-state index contributed by atoms with van der Waals surface area (Å²) in [7, 11) is 1.85. The van der Waals surface area contributed by atoms with Crippen molar-refractivity contribution in [3.63, 3.8) is 0 Å². The van der Waals surface area contributed by atoms with E-state index in [9.17, 15) is 4.79 Å². The molecule has 1 atom stereocenters. The Morgan fingerprint density at radius 1 is 1.30 bits per heavy atom. The molecule has 0 radical (unpaired) electrons. The van der Waals surface area contributed by atoms with Crippen molar-refractivity contribution in [1.82, 2.24) is 15.2 Å². The molecule has 1 N–H and O–H groups in total. The number of rotatable bonds is 4. The number of nitrogens with one attached hydrogen (secondary N) is 1. The third-order valence-corrected chi connectivity index (χ3v) is 5.62. The van der Waals surface area contributed by atoms with Gasteiger partial charge in [-0.1, -0.05) is 30.3 Å². The van der Waals surface area contributed by atoms with E-state index in [0.717, 1.165) is 36.5 Å². The van der Waals surface area contributed by atoms with Crippen LogP contribution in [0, 0.1) is 0 Å². The molecule has 0 bridgehead atoms. The first-order valence-electron chi connectivity index (χ1n) is 8.15. The Morgan fingerprint density at radius 2 is 2.00 bits per heavy atom. The van der Waals surface area contributed by atoms with Crippen LogP contribution in [-0.2, 0) is 0 Å². The summed E-state index contributed by atoms with van der Waals surface area (Å²) < 4.78 is 0. The summed E-state index contributed by atoms with van der Waals surface area (Å²) >= 11 is 1.62. The Labute approximate surface area is 141 Å². The Balaban J connectivity index is 1.71. The molecule has 3 rings (SSSR count). The van der Waals surface area contributed by atoms with Gasteiger partial charge in [-0.05, 0) is 38.4 Å². The lowest BCUT2D eigenvalue weighted by Crippen LogP contribution is -2.30. The molecule has 0 aliphatic carbocycles. The van der Waals surface area contributed by atoms with Crippen molar-refractivity contribution in [1.29, 1.82) is 0 Å². The summed E-state index contributed by atoms with van der Waals surface area (Å²) in [6.07, 6.45) is 2.22. The summed E-state index contributed by atoms with van der Waals surface area (Å²) in [5.41, 5.74) is 1.71. The Morgan fingerprint density at radius 3 is 2.70 bits per heavy atom. The van der Waals surface area contributed by atoms with Gasteiger partial charge in [-0.25, -0.2) is 4.98 Å². The molecule has 122 valence electrons. The van der Waals surface area contributed by atoms with Gasteiger partial charge in [0.2, 0.25) is 0 Å². The van der Waals surface area contributed by atoms with E-state index in [2.05, 4.69) is 22.4 Å². The number of aromatic nitrogens is 1. The zero-order valence-electron chi connectivity index (χ0n) is 13.7. The number of hydrogen-bond acceptors (Lipinski definition) is 4. The number of thiazole rings is 1. The van der Waals surface area contributed by atoms with E-state index in [1.807, 2.05) is 37.6 Å². The lowest BCUT2D eigenvalue weighted by atomic mass is 9.99. The molecular weight excluding hydrogens is 306 g/mol. The molecule has 0 saturated carbocycles. The average Bonchev–Trinajstić information content (AvgIpc) is 3.11. The van der Waals surface area contributed by atoms with Crippen LogP contribution < -0.4 is 5.32 Å². The van der Waals surface area contributed by atoms with Gasteiger partial charge in [-0.3, -0.25) is 4.79 Å². The molecule has 1 amide bonds. The predicted molar refractivity (Wildman–Crippen MR) is 93.9 cm³/mol. The summed E-state index contributed by atoms with van der Waals surface area (Å²) in [4.78, 5) is 19.1. The molecular formula is C18H23N3OS. The predicted octanol–water partition coefficient (Wildman–Crippen LogP) is 3.44. The van der Waals surface area contributed by atoms with Crippen LogP contribution in [0.5, 0.6) is 0 Å². The molecule has 1 fully saturated rings. The van der Waals surface area contributed by atoms with Gasteiger partial charge in [0.15, 0.2) is 0 Å². The Hall–Kier alpha value is -1.72. The number of carbonyl (C=O) groups excluding carboxylic acids is 1. The van der Waals surface area contributed by atoms with Crippen molar-refractivity contribution >= 4 is 17.2 Å². The highest BCUT2D eigenvalue weighted by Crippen LogP contribution is 2.29. The molecule has 1 saturated heterocycles. The second kappa shape index (κ2) is 7.23. The van der Waals surface area contributed by atoms with E-state index >= 15 is 0 Å². The van der Waals surface area contributed by atoms with E-state index in [0.29, 0.717) is 11.6 Å². The molecule has 1 aromatic carbocycles. The lowest BCUT2D eigenvalue weighted by molar-refractivity contribution is 0.0737. The van der Waals surface area contributed by atoms with Crippen molar-refractivity contribution < 1.29 is 4.79 Å². The van der Waals surface area contributed by atoms with Gasteiger partial charge in [0, 0.05) is 18.3 Å². The van der Waals surface area contributed by atoms with Gasteiger partial charge in [0.25, 0.3) is 5.91 Å². The van der Waals surface area contributed by atoms with Gasteiger partial charge in [-0.2, -0.15) is 0 Å². The number of piperidine rings is 1. The minimum atomic E-state index is -0.00205. The van der Waals surface area contributed by atoms with E-state index in [-0.39, 0.29) is 11.9 Å². The fourth-order valence-electron chi connectivity index (χ4n) is 2.95. The standard InChI is InChI=1S/C18H23N3OS/c1-13(14-6-4-3-5-7-14)21(2)18(22)16-12-23-17(20-16)15-8-10-19-11-9-15/h3-7,12-13,15,19H,8-11H2,1-2H3/t13-/m1/s1. The third-order valence-electron chi connectivity index (χ3n) is 4.61. The first-order chi connectivity index (χ1) is 11.2. The number of benzene rings is 1. The molecule has 0 spiro atoms. The van der Waals surface area contributed by atoms with Crippen molar-refractivity contribution in [3.05, 3.63) is 52.0 Å². The first-order valence-corrected chi connectivity index (χ1v) is 9.03. The van der Waals surface area contributed by atoms with Crippen LogP contribution in [0.4, 0.5) is 0 Å². The Bertz CT molecular complexity index is 649. The molecule has 1 aliphatic rings. The van der Waals surface area contributed by atoms with Crippen molar-refractivity contribution in [3.8, 4) is 0 Å². The fraction of sp³-hybridized carbons (Fsp3) is 0.444. The first kappa shape index (κ1) is 16.1. The highest BCUT2D eigenvalue weighted by Gasteiger charge is 2.24. The minimum Gasteiger partial charge on any atom is -0.334 e. The van der Waals surface area contributed by atoms with E-state index < -0.39 is 0 Å². The highest BCUT2D eigenvalue weighted by molar-refractivity contribution is 7.09. The van der Waals surface area contributed by atoms with E-state index in [4.69, 9.17) is 0 Å². The molecule has 4 nitrogen and oxygen atoms in total. The smallest absolute Gasteiger partial charge is 0.273 e. The van der Waals surface area contributed by atoms with Gasteiger partial charge in [-0.15, -0.1) is 11.3 Å². The maximum atomic E-state index is 12.7. The van der Waals surface area contributed by atoms with Gasteiger partial charge >= 0.3 is 0 Å². The van der Waals surface area contributed by atoms with Crippen molar-refractivity contribution in [2.75, 3.05) is 20.1 Å². The quantitative estimate of drug-likeness (QED) is 0.934.